The third-order valence-electron chi connectivity index (χ3n) is 7.08. The summed E-state index contributed by atoms with van der Waals surface area (Å²) in [5, 5.41) is 12.2. The number of nitrogens with zero attached hydrogens (tertiary/aromatic N) is 1. The number of hydrogen-bond donors (Lipinski definition) is 2. The lowest BCUT2D eigenvalue weighted by molar-refractivity contribution is -0.139. The minimum atomic E-state index is -1.12. The number of hydrogen-bond acceptors (Lipinski definition) is 6. The number of alkyl carbamates (subject to hydrolysis) is 1. The molecule has 1 saturated heterocycles. The summed E-state index contributed by atoms with van der Waals surface area (Å²) in [6.45, 7) is 4.86. The van der Waals surface area contributed by atoms with Crippen LogP contribution in [0.25, 0.3) is 11.1 Å². The van der Waals surface area contributed by atoms with Gasteiger partial charge in [0.1, 0.15) is 25.0 Å². The summed E-state index contributed by atoms with van der Waals surface area (Å²) < 4.78 is 16.7. The van der Waals surface area contributed by atoms with Crippen LogP contribution in [0.3, 0.4) is 0 Å². The number of amides is 1. The van der Waals surface area contributed by atoms with Gasteiger partial charge in [0, 0.05) is 32.0 Å². The van der Waals surface area contributed by atoms with Crippen LogP contribution < -0.4 is 10.1 Å². The zero-order chi connectivity index (χ0) is 26.3. The second kappa shape index (κ2) is 12.1. The molecule has 8 heteroatoms. The lowest BCUT2D eigenvalue weighted by atomic mass is 9.98. The molecule has 0 radical (unpaired) electrons. The minimum Gasteiger partial charge on any atom is -0.492 e. The number of carbonyl (C=O) groups excluding carboxylic acids is 1. The zero-order valence-corrected chi connectivity index (χ0v) is 21.2. The van der Waals surface area contributed by atoms with Gasteiger partial charge in [0.25, 0.3) is 0 Å². The molecule has 2 aliphatic rings. The number of morpholine rings is 1. The van der Waals surface area contributed by atoms with Gasteiger partial charge in [0.15, 0.2) is 0 Å². The molecule has 198 valence electrons. The van der Waals surface area contributed by atoms with Crippen molar-refractivity contribution in [3.63, 3.8) is 0 Å². The molecule has 0 bridgehead atoms. The number of fused-ring (bicyclic) bond motifs is 3. The molecule has 1 fully saturated rings. The highest BCUT2D eigenvalue weighted by atomic mass is 16.5. The topological polar surface area (TPSA) is 97.3 Å². The summed E-state index contributed by atoms with van der Waals surface area (Å²) in [6.07, 6.45) is -0.615. The molecule has 8 nitrogen and oxygen atoms in total. The number of carbonyl (C=O) groups is 2. The van der Waals surface area contributed by atoms with Crippen LogP contribution in [0.1, 0.15) is 22.6 Å². The molecule has 0 spiro atoms. The molecule has 1 amide bonds. The van der Waals surface area contributed by atoms with Crippen molar-refractivity contribution in [1.82, 2.24) is 10.2 Å². The Morgan fingerprint density at radius 2 is 1.58 bits per heavy atom. The summed E-state index contributed by atoms with van der Waals surface area (Å²) in [6, 6.07) is 22.3. The molecule has 2 N–H and O–H groups in total. The van der Waals surface area contributed by atoms with Crippen molar-refractivity contribution in [2.45, 2.75) is 18.4 Å². The number of nitrogens with one attached hydrogen (secondary N) is 1. The molecule has 0 saturated carbocycles. The molecule has 1 heterocycles. The van der Waals surface area contributed by atoms with Gasteiger partial charge >= 0.3 is 12.1 Å². The summed E-state index contributed by atoms with van der Waals surface area (Å²) >= 11 is 0. The summed E-state index contributed by atoms with van der Waals surface area (Å²) in [7, 11) is 0. The van der Waals surface area contributed by atoms with Crippen molar-refractivity contribution in [3.05, 3.63) is 89.5 Å². The Hall–Kier alpha value is -3.88. The van der Waals surface area contributed by atoms with Crippen molar-refractivity contribution >= 4 is 12.1 Å². The third kappa shape index (κ3) is 6.15. The number of rotatable bonds is 10. The van der Waals surface area contributed by atoms with E-state index in [2.05, 4.69) is 22.3 Å². The van der Waals surface area contributed by atoms with E-state index in [-0.39, 0.29) is 18.9 Å². The standard InChI is InChI=1S/C30H32N2O6/c33-29(34)28(19-21-9-11-22(12-10-21)37-18-15-32-13-16-36-17-14-32)31-30(35)38-20-27-25-7-3-1-5-23(25)24-6-2-4-8-26(24)27/h1-12,27-28H,13-20H2,(H,31,35)(H,33,34)/t28-/m0/s1. The Morgan fingerprint density at radius 1 is 0.947 bits per heavy atom. The molecule has 0 unspecified atom stereocenters. The first-order chi connectivity index (χ1) is 18.6. The van der Waals surface area contributed by atoms with Gasteiger partial charge in [0.05, 0.1) is 13.2 Å². The van der Waals surface area contributed by atoms with Gasteiger partial charge in [-0.25, -0.2) is 9.59 Å². The van der Waals surface area contributed by atoms with Crippen molar-refractivity contribution in [1.29, 1.82) is 0 Å². The van der Waals surface area contributed by atoms with Crippen LogP contribution in [0, 0.1) is 0 Å². The molecule has 1 atom stereocenters. The van der Waals surface area contributed by atoms with E-state index in [0.29, 0.717) is 6.61 Å². The minimum absolute atomic E-state index is 0.0905. The molecule has 3 aromatic carbocycles. The van der Waals surface area contributed by atoms with Crippen molar-refractivity contribution < 1.29 is 28.9 Å². The first-order valence-electron chi connectivity index (χ1n) is 12.9. The molecular weight excluding hydrogens is 484 g/mol. The zero-order valence-electron chi connectivity index (χ0n) is 21.2. The predicted octanol–water partition coefficient (Wildman–Crippen LogP) is 3.93. The van der Waals surface area contributed by atoms with E-state index < -0.39 is 18.1 Å². The highest BCUT2D eigenvalue weighted by molar-refractivity contribution is 5.81. The van der Waals surface area contributed by atoms with Crippen LogP contribution in [-0.4, -0.2) is 74.2 Å². The van der Waals surface area contributed by atoms with Gasteiger partial charge in [-0.3, -0.25) is 4.90 Å². The fourth-order valence-corrected chi connectivity index (χ4v) is 5.06. The van der Waals surface area contributed by atoms with Crippen molar-refractivity contribution in [3.8, 4) is 16.9 Å². The van der Waals surface area contributed by atoms with E-state index in [9.17, 15) is 14.7 Å². The number of benzene rings is 3. The van der Waals surface area contributed by atoms with Crippen LogP contribution in [0.2, 0.25) is 0 Å². The van der Waals surface area contributed by atoms with Gasteiger partial charge in [-0.1, -0.05) is 60.7 Å². The maximum atomic E-state index is 12.6. The van der Waals surface area contributed by atoms with E-state index in [1.54, 1.807) is 0 Å². The van der Waals surface area contributed by atoms with E-state index in [1.807, 2.05) is 60.7 Å². The van der Waals surface area contributed by atoms with E-state index in [1.165, 1.54) is 0 Å². The van der Waals surface area contributed by atoms with Crippen LogP contribution in [0.5, 0.6) is 5.75 Å². The molecule has 5 rings (SSSR count). The highest BCUT2D eigenvalue weighted by Gasteiger charge is 2.29. The second-order valence-electron chi connectivity index (χ2n) is 9.51. The Labute approximate surface area is 222 Å². The Balaban J connectivity index is 1.12. The largest absolute Gasteiger partial charge is 0.492 e. The molecular formula is C30H32N2O6. The lowest BCUT2D eigenvalue weighted by Gasteiger charge is -2.26. The average molecular weight is 517 g/mol. The number of aliphatic carboxylic acids is 1. The first-order valence-corrected chi connectivity index (χ1v) is 12.9. The molecule has 1 aliphatic carbocycles. The van der Waals surface area contributed by atoms with E-state index in [4.69, 9.17) is 14.2 Å². The fourth-order valence-electron chi connectivity index (χ4n) is 5.06. The summed E-state index contributed by atoms with van der Waals surface area (Å²) in [4.78, 5) is 26.8. The average Bonchev–Trinajstić information content (AvgIpc) is 3.26. The third-order valence-corrected chi connectivity index (χ3v) is 7.08. The predicted molar refractivity (Wildman–Crippen MR) is 143 cm³/mol. The highest BCUT2D eigenvalue weighted by Crippen LogP contribution is 2.44. The smallest absolute Gasteiger partial charge is 0.407 e. The lowest BCUT2D eigenvalue weighted by Crippen LogP contribution is -2.42. The van der Waals surface area contributed by atoms with Crippen molar-refractivity contribution in [2.75, 3.05) is 46.1 Å². The fraction of sp³-hybridized carbons (Fsp3) is 0.333. The Morgan fingerprint density at radius 3 is 2.21 bits per heavy atom. The summed E-state index contributed by atoms with van der Waals surface area (Å²) in [5.74, 6) is -0.491. The SMILES string of the molecule is O=C(N[C@@H](Cc1ccc(OCCN2CCOCC2)cc1)C(=O)O)OCC1c2ccccc2-c2ccccc21. The maximum Gasteiger partial charge on any atom is 0.407 e. The number of carboxylic acid groups (broad SMARTS) is 1. The van der Waals surface area contributed by atoms with Crippen LogP contribution in [-0.2, 0) is 20.7 Å². The van der Waals surface area contributed by atoms with Crippen molar-refractivity contribution in [2.24, 2.45) is 0 Å². The molecule has 3 aromatic rings. The quantitative estimate of drug-likeness (QED) is 0.421. The Kier molecular flexibility index (Phi) is 8.21. The van der Waals surface area contributed by atoms with Gasteiger partial charge < -0.3 is 24.6 Å². The van der Waals surface area contributed by atoms with E-state index >= 15 is 0 Å². The Bertz CT molecular complexity index is 1210. The molecule has 0 aromatic heterocycles. The monoisotopic (exact) mass is 516 g/mol. The van der Waals surface area contributed by atoms with Gasteiger partial charge in [-0.15, -0.1) is 0 Å². The first kappa shape index (κ1) is 25.8. The van der Waals surface area contributed by atoms with E-state index in [0.717, 1.165) is 66.4 Å². The van der Waals surface area contributed by atoms with Crippen LogP contribution >= 0.6 is 0 Å². The van der Waals surface area contributed by atoms with Crippen LogP contribution in [0.4, 0.5) is 4.79 Å². The molecule has 1 aliphatic heterocycles. The summed E-state index contributed by atoms with van der Waals surface area (Å²) in [5.41, 5.74) is 5.24. The number of ether oxygens (including phenoxy) is 3. The number of carboxylic acids is 1. The van der Waals surface area contributed by atoms with Gasteiger partial charge in [-0.2, -0.15) is 0 Å². The maximum absolute atomic E-state index is 12.6. The van der Waals surface area contributed by atoms with Gasteiger partial charge in [-0.05, 0) is 39.9 Å². The molecule has 38 heavy (non-hydrogen) atoms. The normalized spacial score (nSPS) is 15.8. The van der Waals surface area contributed by atoms with Crippen LogP contribution in [0.15, 0.2) is 72.8 Å². The second-order valence-corrected chi connectivity index (χ2v) is 9.51. The van der Waals surface area contributed by atoms with Gasteiger partial charge in [0.2, 0.25) is 0 Å².